The van der Waals surface area contributed by atoms with E-state index in [-0.39, 0.29) is 0 Å². The molecular weight excluding hydrogens is 250 g/mol. The van der Waals surface area contributed by atoms with E-state index in [2.05, 4.69) is 12.2 Å². The second-order valence-electron chi connectivity index (χ2n) is 7.46. The van der Waals surface area contributed by atoms with Gasteiger partial charge >= 0.3 is 0 Å². The van der Waals surface area contributed by atoms with Crippen LogP contribution in [0.1, 0.15) is 45.4 Å². The van der Waals surface area contributed by atoms with Gasteiger partial charge in [0, 0.05) is 13.2 Å². The molecule has 0 aromatic heterocycles. The molecule has 0 spiro atoms. The quantitative estimate of drug-likeness (QED) is 0.694. The third kappa shape index (κ3) is 2.90. The lowest BCUT2D eigenvalue weighted by Crippen LogP contribution is -2.57. The number of ether oxygens (including phenoxy) is 2. The van der Waals surface area contributed by atoms with Crippen LogP contribution in [0.5, 0.6) is 0 Å². The second-order valence-corrected chi connectivity index (χ2v) is 7.46. The predicted molar refractivity (Wildman–Crippen MR) is 80.8 cm³/mol. The fourth-order valence-electron chi connectivity index (χ4n) is 5.65. The van der Waals surface area contributed by atoms with Crippen molar-refractivity contribution in [2.75, 3.05) is 33.5 Å². The van der Waals surface area contributed by atoms with E-state index in [9.17, 15) is 0 Å². The van der Waals surface area contributed by atoms with Gasteiger partial charge in [0.25, 0.3) is 0 Å². The van der Waals surface area contributed by atoms with Gasteiger partial charge in [0.15, 0.2) is 0 Å². The van der Waals surface area contributed by atoms with Crippen LogP contribution in [-0.4, -0.2) is 39.5 Å². The first kappa shape index (κ1) is 14.8. The number of likely N-dealkylation sites (N-methyl/N-ethyl adjacent to an activating group) is 1. The summed E-state index contributed by atoms with van der Waals surface area (Å²) in [6, 6.07) is 0.553. The Kier molecular flexibility index (Phi) is 4.68. The molecule has 0 aromatic carbocycles. The maximum absolute atomic E-state index is 5.89. The third-order valence-electron chi connectivity index (χ3n) is 5.99. The first-order chi connectivity index (χ1) is 9.75. The Hall–Kier alpha value is -0.120. The summed E-state index contributed by atoms with van der Waals surface area (Å²) < 4.78 is 11.0. The third-order valence-corrected chi connectivity index (χ3v) is 5.99. The first-order valence-electron chi connectivity index (χ1n) is 8.56. The molecular formula is C17H31NO2. The normalized spacial score (nSPS) is 40.2. The van der Waals surface area contributed by atoms with Gasteiger partial charge in [-0.15, -0.1) is 0 Å². The molecule has 20 heavy (non-hydrogen) atoms. The Labute approximate surface area is 123 Å². The topological polar surface area (TPSA) is 30.5 Å². The molecule has 3 heteroatoms. The average molecular weight is 281 g/mol. The Morgan fingerprint density at radius 1 is 1.05 bits per heavy atom. The lowest BCUT2D eigenvalue weighted by atomic mass is 9.47. The highest BCUT2D eigenvalue weighted by Gasteiger charge is 2.53. The summed E-state index contributed by atoms with van der Waals surface area (Å²) in [6.45, 7) is 5.58. The van der Waals surface area contributed by atoms with Crippen molar-refractivity contribution >= 4 is 0 Å². The summed E-state index contributed by atoms with van der Waals surface area (Å²) in [7, 11) is 1.74. The zero-order valence-electron chi connectivity index (χ0n) is 13.2. The van der Waals surface area contributed by atoms with Crippen LogP contribution in [0.3, 0.4) is 0 Å². The number of methoxy groups -OCH3 is 1. The Morgan fingerprint density at radius 3 is 2.15 bits per heavy atom. The van der Waals surface area contributed by atoms with Gasteiger partial charge in [-0.1, -0.05) is 6.92 Å². The molecule has 1 atom stereocenters. The van der Waals surface area contributed by atoms with E-state index in [1.54, 1.807) is 7.11 Å². The highest BCUT2D eigenvalue weighted by Crippen LogP contribution is 2.61. The highest BCUT2D eigenvalue weighted by molar-refractivity contribution is 5.06. The van der Waals surface area contributed by atoms with Crippen molar-refractivity contribution in [2.45, 2.75) is 51.5 Å². The molecule has 0 heterocycles. The molecule has 4 bridgehead atoms. The zero-order chi connectivity index (χ0) is 14.0. The van der Waals surface area contributed by atoms with Gasteiger partial charge in [-0.2, -0.15) is 0 Å². The van der Waals surface area contributed by atoms with E-state index in [0.717, 1.165) is 37.5 Å². The Morgan fingerprint density at radius 2 is 1.65 bits per heavy atom. The number of rotatable bonds is 8. The van der Waals surface area contributed by atoms with E-state index in [4.69, 9.17) is 9.47 Å². The van der Waals surface area contributed by atoms with E-state index in [1.165, 1.54) is 38.5 Å². The molecule has 4 saturated carbocycles. The van der Waals surface area contributed by atoms with Crippen LogP contribution in [0.2, 0.25) is 0 Å². The SMILES string of the molecule is CCNC(COCCOC)C12CC3CC(CC(C3)C1)C2. The van der Waals surface area contributed by atoms with Gasteiger partial charge in [-0.25, -0.2) is 0 Å². The number of hydrogen-bond donors (Lipinski definition) is 1. The molecule has 0 amide bonds. The molecule has 4 aliphatic carbocycles. The van der Waals surface area contributed by atoms with E-state index in [0.29, 0.717) is 18.1 Å². The van der Waals surface area contributed by atoms with Gasteiger partial charge in [0.1, 0.15) is 0 Å². The van der Waals surface area contributed by atoms with Crippen molar-refractivity contribution < 1.29 is 9.47 Å². The number of nitrogens with one attached hydrogen (secondary N) is 1. The Balaban J connectivity index is 1.63. The maximum Gasteiger partial charge on any atom is 0.0701 e. The minimum Gasteiger partial charge on any atom is -0.382 e. The van der Waals surface area contributed by atoms with Crippen LogP contribution in [0.25, 0.3) is 0 Å². The lowest BCUT2D eigenvalue weighted by molar-refractivity contribution is -0.0901. The van der Waals surface area contributed by atoms with Gasteiger partial charge in [-0.05, 0) is 68.2 Å². The van der Waals surface area contributed by atoms with E-state index >= 15 is 0 Å². The molecule has 0 radical (unpaired) electrons. The number of hydrogen-bond acceptors (Lipinski definition) is 3. The first-order valence-corrected chi connectivity index (χ1v) is 8.56. The summed E-state index contributed by atoms with van der Waals surface area (Å²) in [4.78, 5) is 0. The van der Waals surface area contributed by atoms with Crippen molar-refractivity contribution in [2.24, 2.45) is 23.2 Å². The van der Waals surface area contributed by atoms with Crippen LogP contribution in [0.15, 0.2) is 0 Å². The molecule has 0 aliphatic heterocycles. The van der Waals surface area contributed by atoms with Gasteiger partial charge in [-0.3, -0.25) is 0 Å². The maximum atomic E-state index is 5.89. The molecule has 1 unspecified atom stereocenters. The van der Waals surface area contributed by atoms with Crippen molar-refractivity contribution in [1.82, 2.24) is 5.32 Å². The molecule has 3 nitrogen and oxygen atoms in total. The highest BCUT2D eigenvalue weighted by atomic mass is 16.5. The summed E-state index contributed by atoms with van der Waals surface area (Å²) in [5.41, 5.74) is 0.540. The summed E-state index contributed by atoms with van der Waals surface area (Å²) in [5.74, 6) is 3.05. The fourth-order valence-corrected chi connectivity index (χ4v) is 5.65. The second kappa shape index (κ2) is 6.33. The van der Waals surface area contributed by atoms with Crippen LogP contribution >= 0.6 is 0 Å². The molecule has 4 aliphatic rings. The van der Waals surface area contributed by atoms with Crippen LogP contribution in [0, 0.1) is 23.2 Å². The monoisotopic (exact) mass is 281 g/mol. The Bertz CT molecular complexity index is 283. The summed E-state index contributed by atoms with van der Waals surface area (Å²) >= 11 is 0. The van der Waals surface area contributed by atoms with Crippen LogP contribution < -0.4 is 5.32 Å². The van der Waals surface area contributed by atoms with Gasteiger partial charge < -0.3 is 14.8 Å². The smallest absolute Gasteiger partial charge is 0.0701 e. The molecule has 1 N–H and O–H groups in total. The van der Waals surface area contributed by atoms with Crippen molar-refractivity contribution in [3.8, 4) is 0 Å². The molecule has 4 fully saturated rings. The van der Waals surface area contributed by atoms with Crippen molar-refractivity contribution in [1.29, 1.82) is 0 Å². The van der Waals surface area contributed by atoms with E-state index < -0.39 is 0 Å². The summed E-state index contributed by atoms with van der Waals surface area (Å²) in [5, 5.41) is 3.75. The van der Waals surface area contributed by atoms with Crippen LogP contribution in [-0.2, 0) is 9.47 Å². The lowest BCUT2D eigenvalue weighted by Gasteiger charge is -2.59. The van der Waals surface area contributed by atoms with Crippen molar-refractivity contribution in [3.05, 3.63) is 0 Å². The largest absolute Gasteiger partial charge is 0.382 e. The predicted octanol–water partition coefficient (Wildman–Crippen LogP) is 2.84. The van der Waals surface area contributed by atoms with Gasteiger partial charge in [0.05, 0.1) is 19.8 Å². The molecule has 4 rings (SSSR count). The van der Waals surface area contributed by atoms with Gasteiger partial charge in [0.2, 0.25) is 0 Å². The minimum absolute atomic E-state index is 0.540. The fraction of sp³-hybridized carbons (Fsp3) is 1.00. The standard InChI is InChI=1S/C17H31NO2/c1-3-18-16(12-20-5-4-19-2)17-9-13-6-14(10-17)8-15(7-13)11-17/h13-16,18H,3-12H2,1-2H3. The molecule has 0 aromatic rings. The van der Waals surface area contributed by atoms with E-state index in [1.807, 2.05) is 0 Å². The van der Waals surface area contributed by atoms with Crippen LogP contribution in [0.4, 0.5) is 0 Å². The molecule has 116 valence electrons. The summed E-state index contributed by atoms with van der Waals surface area (Å²) in [6.07, 6.45) is 8.90. The zero-order valence-corrected chi connectivity index (χ0v) is 13.2. The minimum atomic E-state index is 0.540. The average Bonchev–Trinajstić information content (AvgIpc) is 2.40. The van der Waals surface area contributed by atoms with Crippen molar-refractivity contribution in [3.63, 3.8) is 0 Å². The molecule has 0 saturated heterocycles.